The van der Waals surface area contributed by atoms with E-state index < -0.39 is 66.4 Å². The van der Waals surface area contributed by atoms with Crippen LogP contribution in [0.5, 0.6) is 0 Å². The average molecular weight is 530 g/mol. The molecule has 0 aromatic heterocycles. The van der Waals surface area contributed by atoms with Crippen LogP contribution in [0.3, 0.4) is 0 Å². The second kappa shape index (κ2) is 16.2. The van der Waals surface area contributed by atoms with Crippen LogP contribution in [-0.4, -0.2) is 95.2 Å². The molecule has 0 saturated carbocycles. The molecule has 8 N–H and O–H groups in total. The maximum Gasteiger partial charge on any atom is 0.326 e. The number of ether oxygens (including phenoxy) is 1. The second-order valence-corrected chi connectivity index (χ2v) is 9.73. The molecule has 0 spiro atoms. The lowest BCUT2D eigenvalue weighted by molar-refractivity contribution is -0.149. The Labute approximate surface area is 217 Å². The number of nitrogens with zero attached hydrogens (tertiary/aromatic N) is 1. The number of amides is 3. The third kappa shape index (κ3) is 10.6. The van der Waals surface area contributed by atoms with Crippen molar-refractivity contribution in [3.05, 3.63) is 0 Å². The summed E-state index contributed by atoms with van der Waals surface area (Å²) in [5, 5.41) is 23.7. The molecule has 1 aliphatic rings. The van der Waals surface area contributed by atoms with Crippen LogP contribution in [0.25, 0.3) is 0 Å². The fourth-order valence-corrected chi connectivity index (χ4v) is 4.35. The van der Waals surface area contributed by atoms with E-state index in [0.29, 0.717) is 38.8 Å². The van der Waals surface area contributed by atoms with Crippen LogP contribution in [0.4, 0.5) is 0 Å². The number of carbonyl (C=O) groups is 5. The highest BCUT2D eigenvalue weighted by atomic mass is 16.5. The summed E-state index contributed by atoms with van der Waals surface area (Å²) in [4.78, 5) is 63.0. The summed E-state index contributed by atoms with van der Waals surface area (Å²) in [7, 11) is 1.49. The zero-order chi connectivity index (χ0) is 28.1. The van der Waals surface area contributed by atoms with Gasteiger partial charge in [0.2, 0.25) is 17.7 Å². The Balaban J connectivity index is 2.98. The van der Waals surface area contributed by atoms with Gasteiger partial charge in [-0.05, 0) is 51.0 Å². The fourth-order valence-electron chi connectivity index (χ4n) is 4.35. The highest BCUT2D eigenvalue weighted by Gasteiger charge is 2.39. The Morgan fingerprint density at radius 2 is 1.76 bits per heavy atom. The molecule has 3 amide bonds. The number of aliphatic carboxylic acids is 2. The standard InChI is InChI=1S/C24H43N5O8/c1-14(2)21(26)22(33)28-16(13-20(31)32)23(34)29-12-6-8-18(37-3)17(29)9-10-19(30)27-15(24(35)36)7-4-5-11-25/h14-18,21H,4-13,25-26H2,1-3H3,(H,27,30)(H,28,33)(H,31,32)(H,35,36)/t15-,16-,17+,18+,21-/m0/s1. The number of piperidine rings is 1. The van der Waals surface area contributed by atoms with Crippen molar-refractivity contribution in [2.75, 3.05) is 20.2 Å². The molecule has 13 heteroatoms. The van der Waals surface area contributed by atoms with Gasteiger partial charge < -0.3 is 42.0 Å². The number of carbonyl (C=O) groups excluding carboxylic acids is 3. The van der Waals surface area contributed by atoms with Crippen molar-refractivity contribution in [1.29, 1.82) is 0 Å². The van der Waals surface area contributed by atoms with Crippen LogP contribution in [0.1, 0.15) is 65.2 Å². The molecule has 0 aromatic carbocycles. The van der Waals surface area contributed by atoms with Crippen LogP contribution in [0.15, 0.2) is 0 Å². The maximum atomic E-state index is 13.5. The Morgan fingerprint density at radius 3 is 2.30 bits per heavy atom. The largest absolute Gasteiger partial charge is 0.481 e. The number of carboxylic acid groups (broad SMARTS) is 2. The molecule has 0 unspecified atom stereocenters. The van der Waals surface area contributed by atoms with Crippen LogP contribution < -0.4 is 22.1 Å². The number of hydrogen-bond donors (Lipinski definition) is 6. The number of unbranched alkanes of at least 4 members (excludes halogenated alkanes) is 1. The second-order valence-electron chi connectivity index (χ2n) is 9.73. The van der Waals surface area contributed by atoms with Gasteiger partial charge in [0.05, 0.1) is 24.6 Å². The van der Waals surface area contributed by atoms with Crippen molar-refractivity contribution in [2.45, 2.75) is 95.5 Å². The molecule has 0 bridgehead atoms. The first-order valence-electron chi connectivity index (χ1n) is 12.8. The number of nitrogens with one attached hydrogen (secondary N) is 2. The molecule has 1 rings (SSSR count). The lowest BCUT2D eigenvalue weighted by Crippen LogP contribution is -2.59. The summed E-state index contributed by atoms with van der Waals surface area (Å²) in [5.41, 5.74) is 11.3. The molecule has 1 fully saturated rings. The summed E-state index contributed by atoms with van der Waals surface area (Å²) >= 11 is 0. The van der Waals surface area contributed by atoms with Crippen LogP contribution in [-0.2, 0) is 28.7 Å². The van der Waals surface area contributed by atoms with E-state index in [4.69, 9.17) is 16.2 Å². The molecule has 0 aliphatic carbocycles. The number of rotatable bonds is 16. The summed E-state index contributed by atoms with van der Waals surface area (Å²) in [6.07, 6.45) is 1.73. The number of nitrogens with two attached hydrogens (primary N) is 2. The fraction of sp³-hybridized carbons (Fsp3) is 0.792. The zero-order valence-corrected chi connectivity index (χ0v) is 22.0. The number of carboxylic acids is 2. The van der Waals surface area contributed by atoms with Crippen LogP contribution in [0, 0.1) is 5.92 Å². The molecule has 13 nitrogen and oxygen atoms in total. The minimum absolute atomic E-state index is 0.0663. The molecule has 1 aliphatic heterocycles. The molecule has 0 radical (unpaired) electrons. The molecule has 212 valence electrons. The highest BCUT2D eigenvalue weighted by molar-refractivity contribution is 5.92. The van der Waals surface area contributed by atoms with Gasteiger partial charge in [0.1, 0.15) is 12.1 Å². The van der Waals surface area contributed by atoms with Crippen molar-refractivity contribution < 1.29 is 38.9 Å². The van der Waals surface area contributed by atoms with Crippen LogP contribution >= 0.6 is 0 Å². The van der Waals surface area contributed by atoms with E-state index >= 15 is 0 Å². The zero-order valence-electron chi connectivity index (χ0n) is 22.0. The maximum absolute atomic E-state index is 13.5. The number of hydrogen-bond acceptors (Lipinski definition) is 8. The first kappa shape index (κ1) is 32.3. The van der Waals surface area contributed by atoms with Crippen molar-refractivity contribution >= 4 is 29.7 Å². The minimum atomic E-state index is -1.33. The van der Waals surface area contributed by atoms with Gasteiger partial charge in [-0.1, -0.05) is 13.8 Å². The van der Waals surface area contributed by atoms with E-state index in [1.54, 1.807) is 13.8 Å². The number of methoxy groups -OCH3 is 1. The topological polar surface area (TPSA) is 214 Å². The minimum Gasteiger partial charge on any atom is -0.481 e. The molecule has 37 heavy (non-hydrogen) atoms. The lowest BCUT2D eigenvalue weighted by Gasteiger charge is -2.42. The Morgan fingerprint density at radius 1 is 1.08 bits per heavy atom. The smallest absolute Gasteiger partial charge is 0.326 e. The van der Waals surface area contributed by atoms with Crippen molar-refractivity contribution in [1.82, 2.24) is 15.5 Å². The SMILES string of the molecule is CO[C@@H]1CCCN(C(=O)[C@H](CC(=O)O)NC(=O)[C@@H](N)C(C)C)[C@@H]1CCC(=O)N[C@@H](CCCCN)C(=O)O. The summed E-state index contributed by atoms with van der Waals surface area (Å²) in [6, 6.07) is -3.85. The van der Waals surface area contributed by atoms with Gasteiger partial charge in [0.15, 0.2) is 0 Å². The lowest BCUT2D eigenvalue weighted by atomic mass is 9.93. The monoisotopic (exact) mass is 529 g/mol. The molecular weight excluding hydrogens is 486 g/mol. The van der Waals surface area contributed by atoms with Gasteiger partial charge in [-0.3, -0.25) is 19.2 Å². The third-order valence-electron chi connectivity index (χ3n) is 6.56. The molecule has 1 saturated heterocycles. The predicted molar refractivity (Wildman–Crippen MR) is 134 cm³/mol. The molecular formula is C24H43N5O8. The van der Waals surface area contributed by atoms with E-state index in [9.17, 15) is 34.2 Å². The molecule has 5 atom stereocenters. The van der Waals surface area contributed by atoms with Gasteiger partial charge in [0, 0.05) is 20.1 Å². The van der Waals surface area contributed by atoms with Crippen LogP contribution in [0.2, 0.25) is 0 Å². The van der Waals surface area contributed by atoms with E-state index in [-0.39, 0.29) is 25.2 Å². The van der Waals surface area contributed by atoms with Crippen molar-refractivity contribution in [3.8, 4) is 0 Å². The van der Waals surface area contributed by atoms with Crippen molar-refractivity contribution in [3.63, 3.8) is 0 Å². The normalized spacial score (nSPS) is 20.1. The first-order valence-corrected chi connectivity index (χ1v) is 12.8. The van der Waals surface area contributed by atoms with E-state index in [1.165, 1.54) is 12.0 Å². The molecule has 0 aromatic rings. The van der Waals surface area contributed by atoms with E-state index in [0.717, 1.165) is 0 Å². The van der Waals surface area contributed by atoms with Gasteiger partial charge >= 0.3 is 11.9 Å². The highest BCUT2D eigenvalue weighted by Crippen LogP contribution is 2.25. The van der Waals surface area contributed by atoms with E-state index in [2.05, 4.69) is 10.6 Å². The third-order valence-corrected chi connectivity index (χ3v) is 6.56. The average Bonchev–Trinajstić information content (AvgIpc) is 2.84. The summed E-state index contributed by atoms with van der Waals surface area (Å²) in [6.45, 7) is 4.20. The van der Waals surface area contributed by atoms with Gasteiger partial charge in [0.25, 0.3) is 0 Å². The van der Waals surface area contributed by atoms with Gasteiger partial charge in [-0.2, -0.15) is 0 Å². The molecule has 1 heterocycles. The number of likely N-dealkylation sites (tertiary alicyclic amines) is 1. The van der Waals surface area contributed by atoms with Crippen molar-refractivity contribution in [2.24, 2.45) is 17.4 Å². The Hall–Kier alpha value is -2.77. The summed E-state index contributed by atoms with van der Waals surface area (Å²) < 4.78 is 5.56. The predicted octanol–water partition coefficient (Wildman–Crippen LogP) is -0.586. The quantitative estimate of drug-likeness (QED) is 0.140. The summed E-state index contributed by atoms with van der Waals surface area (Å²) in [5.74, 6) is -4.32. The Kier molecular flexibility index (Phi) is 14.1. The van der Waals surface area contributed by atoms with E-state index in [1.807, 2.05) is 0 Å². The first-order chi connectivity index (χ1) is 17.4. The van der Waals surface area contributed by atoms with Gasteiger partial charge in [-0.15, -0.1) is 0 Å². The van der Waals surface area contributed by atoms with Gasteiger partial charge in [-0.25, -0.2) is 4.79 Å². The Bertz CT molecular complexity index is 793.